The molecule has 1 heterocycles. The van der Waals surface area contributed by atoms with E-state index >= 15 is 0 Å². The third-order valence-corrected chi connectivity index (χ3v) is 4.43. The molecule has 0 fully saturated rings. The van der Waals surface area contributed by atoms with E-state index in [1.165, 1.54) is 20.9 Å². The van der Waals surface area contributed by atoms with Crippen molar-refractivity contribution in [2.75, 3.05) is 0 Å². The summed E-state index contributed by atoms with van der Waals surface area (Å²) in [5.74, 6) is 0. The van der Waals surface area contributed by atoms with E-state index in [0.29, 0.717) is 10.6 Å². The topological polar surface area (TPSA) is 30.0 Å². The fourth-order valence-corrected chi connectivity index (χ4v) is 3.59. The lowest BCUT2D eigenvalue weighted by Crippen LogP contribution is -2.11. The maximum absolute atomic E-state index is 11.6. The van der Waals surface area contributed by atoms with Crippen LogP contribution in [0.5, 0.6) is 0 Å². The predicted octanol–water partition coefficient (Wildman–Crippen LogP) is 2.94. The summed E-state index contributed by atoms with van der Waals surface area (Å²) in [7, 11) is 2.86. The first-order valence-corrected chi connectivity index (χ1v) is 6.15. The van der Waals surface area contributed by atoms with Gasteiger partial charge in [0, 0.05) is 21.7 Å². The fourth-order valence-electron chi connectivity index (χ4n) is 1.22. The number of fused-ring (bicyclic) bond motifs is 1. The number of hydrogen-bond acceptors (Lipinski definition) is 4. The van der Waals surface area contributed by atoms with Gasteiger partial charge in [-0.2, -0.15) is 4.37 Å². The van der Waals surface area contributed by atoms with Gasteiger partial charge in [-0.3, -0.25) is 4.79 Å². The fraction of sp³-hybridized carbons (Fsp3) is 0.250. The zero-order valence-electron chi connectivity index (χ0n) is 7.05. The second-order valence-electron chi connectivity index (χ2n) is 2.82. The van der Waals surface area contributed by atoms with Gasteiger partial charge in [0.15, 0.2) is 5.43 Å². The largest absolute Gasteiger partial charge is 0.289 e. The molecule has 0 spiro atoms. The van der Waals surface area contributed by atoms with Crippen LogP contribution >= 0.6 is 32.5 Å². The molecule has 0 aromatic heterocycles. The normalized spacial score (nSPS) is 11.0. The van der Waals surface area contributed by atoms with Crippen molar-refractivity contribution in [2.24, 2.45) is 0 Å². The van der Waals surface area contributed by atoms with Gasteiger partial charge in [-0.15, -0.1) is 0 Å². The van der Waals surface area contributed by atoms with Crippen molar-refractivity contribution in [3.05, 3.63) is 26.4 Å². The first kappa shape index (κ1) is 9.12. The second-order valence-corrected chi connectivity index (χ2v) is 5.05. The van der Waals surface area contributed by atoms with Crippen LogP contribution in [-0.2, 0) is 0 Å². The highest BCUT2D eigenvalue weighted by Gasteiger charge is 2.19. The number of rotatable bonds is 0. The summed E-state index contributed by atoms with van der Waals surface area (Å²) in [5, 5.41) is 0.503. The molecule has 1 aliphatic heterocycles. The number of hydrogen-bond donors (Lipinski definition) is 0. The lowest BCUT2D eigenvalue weighted by Gasteiger charge is -2.04. The van der Waals surface area contributed by atoms with Gasteiger partial charge < -0.3 is 0 Å². The van der Waals surface area contributed by atoms with Crippen molar-refractivity contribution in [3.8, 4) is 10.6 Å². The van der Waals surface area contributed by atoms with Crippen molar-refractivity contribution >= 4 is 32.5 Å². The Morgan fingerprint density at radius 1 is 1.31 bits per heavy atom. The van der Waals surface area contributed by atoms with E-state index in [9.17, 15) is 4.79 Å². The highest BCUT2D eigenvalue weighted by atomic mass is 35.5. The monoisotopic (exact) mass is 231 g/mol. The first-order valence-electron chi connectivity index (χ1n) is 3.67. The minimum Gasteiger partial charge on any atom is -0.289 e. The summed E-state index contributed by atoms with van der Waals surface area (Å²) in [6.45, 7) is 3.56. The Morgan fingerprint density at radius 2 is 2.00 bits per heavy atom. The molecule has 0 bridgehead atoms. The molecule has 0 atom stereocenters. The number of benzene rings is 1. The van der Waals surface area contributed by atoms with Gasteiger partial charge in [0.05, 0.1) is 9.90 Å². The van der Waals surface area contributed by atoms with Crippen molar-refractivity contribution in [1.29, 1.82) is 0 Å². The van der Waals surface area contributed by atoms with Gasteiger partial charge in [-0.05, 0) is 13.8 Å². The number of halogens is 1. The molecule has 5 heteroatoms. The van der Waals surface area contributed by atoms with E-state index in [1.54, 1.807) is 6.92 Å². The molecule has 1 aliphatic carbocycles. The third-order valence-electron chi connectivity index (χ3n) is 2.02. The summed E-state index contributed by atoms with van der Waals surface area (Å²) in [5.41, 5.74) is 2.17. The zero-order chi connectivity index (χ0) is 9.59. The van der Waals surface area contributed by atoms with Crippen LogP contribution in [-0.4, -0.2) is 4.37 Å². The van der Waals surface area contributed by atoms with E-state index in [1.807, 2.05) is 6.92 Å². The molecule has 68 valence electrons. The summed E-state index contributed by atoms with van der Waals surface area (Å²) >= 11 is 6.00. The van der Waals surface area contributed by atoms with Crippen LogP contribution in [0.1, 0.15) is 11.1 Å². The Morgan fingerprint density at radius 3 is 2.69 bits per heavy atom. The van der Waals surface area contributed by atoms with E-state index in [0.717, 1.165) is 16.1 Å². The predicted molar refractivity (Wildman–Crippen MR) is 57.4 cm³/mol. The molecule has 0 N–H and O–H groups in total. The Bertz CT molecular complexity index is 488. The van der Waals surface area contributed by atoms with Crippen molar-refractivity contribution in [1.82, 2.24) is 4.37 Å². The summed E-state index contributed by atoms with van der Waals surface area (Å²) < 4.78 is 4.17. The van der Waals surface area contributed by atoms with E-state index < -0.39 is 0 Å². The maximum atomic E-state index is 11.6. The average Bonchev–Trinajstić information content (AvgIpc) is 2.59. The highest BCUT2D eigenvalue weighted by molar-refractivity contribution is 7.68. The van der Waals surface area contributed by atoms with E-state index in [-0.39, 0.29) is 5.43 Å². The number of aromatic nitrogens is 1. The summed E-state index contributed by atoms with van der Waals surface area (Å²) in [4.78, 5) is 12.5. The Kier molecular flexibility index (Phi) is 2.14. The zero-order valence-corrected chi connectivity index (χ0v) is 9.44. The summed E-state index contributed by atoms with van der Waals surface area (Å²) in [6.07, 6.45) is 0. The quantitative estimate of drug-likeness (QED) is 0.653. The van der Waals surface area contributed by atoms with Crippen LogP contribution in [0.25, 0.3) is 10.6 Å². The van der Waals surface area contributed by atoms with Crippen molar-refractivity contribution in [2.45, 2.75) is 13.8 Å². The SMILES string of the molecule is Cc1c2ssnc-2c(Cl)c(C)c1=O. The van der Waals surface area contributed by atoms with Gasteiger partial charge in [0.1, 0.15) is 5.69 Å². The Balaban J connectivity index is 3.02. The van der Waals surface area contributed by atoms with Gasteiger partial charge >= 0.3 is 0 Å². The lowest BCUT2D eigenvalue weighted by atomic mass is 10.1. The van der Waals surface area contributed by atoms with Crippen LogP contribution in [0.4, 0.5) is 0 Å². The minimum absolute atomic E-state index is 0.0361. The minimum atomic E-state index is 0.0361. The average molecular weight is 232 g/mol. The summed E-state index contributed by atoms with van der Waals surface area (Å²) in [6, 6.07) is 0. The van der Waals surface area contributed by atoms with Crippen LogP contribution < -0.4 is 5.43 Å². The number of nitrogens with zero attached hydrogens (tertiary/aromatic N) is 1. The van der Waals surface area contributed by atoms with E-state index in [4.69, 9.17) is 11.6 Å². The molecule has 0 saturated carbocycles. The lowest BCUT2D eigenvalue weighted by molar-refractivity contribution is 1.30. The van der Waals surface area contributed by atoms with E-state index in [2.05, 4.69) is 4.37 Å². The second kappa shape index (κ2) is 3.04. The van der Waals surface area contributed by atoms with Gasteiger partial charge in [-0.1, -0.05) is 21.9 Å². The molecule has 2 rings (SSSR count). The molecule has 2 aliphatic rings. The van der Waals surface area contributed by atoms with Crippen LogP contribution in [0.2, 0.25) is 5.02 Å². The molecule has 0 unspecified atom stereocenters. The Labute approximate surface area is 87.7 Å². The molecular formula is C8H6ClNOS2. The molecule has 0 aromatic carbocycles. The highest BCUT2D eigenvalue weighted by Crippen LogP contribution is 2.36. The molecule has 0 aromatic rings. The van der Waals surface area contributed by atoms with Gasteiger partial charge in [0.2, 0.25) is 0 Å². The van der Waals surface area contributed by atoms with Crippen LogP contribution in [0, 0.1) is 13.8 Å². The van der Waals surface area contributed by atoms with Crippen LogP contribution in [0.15, 0.2) is 4.79 Å². The molecular weight excluding hydrogens is 226 g/mol. The first-order chi connectivity index (χ1) is 6.13. The molecule has 0 radical (unpaired) electrons. The third kappa shape index (κ3) is 1.21. The van der Waals surface area contributed by atoms with Crippen molar-refractivity contribution in [3.63, 3.8) is 0 Å². The van der Waals surface area contributed by atoms with Gasteiger partial charge in [-0.25, -0.2) is 0 Å². The van der Waals surface area contributed by atoms with Crippen molar-refractivity contribution < 1.29 is 0 Å². The molecule has 0 amide bonds. The van der Waals surface area contributed by atoms with Gasteiger partial charge in [0.25, 0.3) is 0 Å². The standard InChI is InChI=1S/C8H6ClNOS2/c1-3-5(9)6-8(12-13-10-6)4(2)7(3)11/h1-2H3. The van der Waals surface area contributed by atoms with Crippen LogP contribution in [0.3, 0.4) is 0 Å². The smallest absolute Gasteiger partial charge is 0.187 e. The molecule has 2 nitrogen and oxygen atoms in total. The maximum Gasteiger partial charge on any atom is 0.187 e. The Hall–Kier alpha value is -0.450. The molecule has 0 saturated heterocycles. The molecule has 13 heavy (non-hydrogen) atoms.